The van der Waals surface area contributed by atoms with Crippen molar-refractivity contribution in [3.05, 3.63) is 23.2 Å². The van der Waals surface area contributed by atoms with Crippen LogP contribution in [0.15, 0.2) is 22.7 Å². The molecule has 1 aliphatic heterocycles. The second kappa shape index (κ2) is 4.54. The van der Waals surface area contributed by atoms with E-state index in [9.17, 15) is 9.00 Å². The highest BCUT2D eigenvalue weighted by Gasteiger charge is 2.19. The lowest BCUT2D eigenvalue weighted by molar-refractivity contribution is -0.132. The first-order valence-electron chi connectivity index (χ1n) is 4.19. The minimum absolute atomic E-state index is 0.0305. The summed E-state index contributed by atoms with van der Waals surface area (Å²) in [4.78, 5) is 12.0. The van der Waals surface area contributed by atoms with E-state index in [1.165, 1.54) is 24.7 Å². The molecule has 0 amide bonds. The van der Waals surface area contributed by atoms with Crippen LogP contribution in [0.4, 0.5) is 0 Å². The van der Waals surface area contributed by atoms with Gasteiger partial charge in [0.1, 0.15) is 0 Å². The summed E-state index contributed by atoms with van der Waals surface area (Å²) in [5.41, 5.74) is 0.583. The van der Waals surface area contributed by atoms with Crippen LogP contribution in [0.5, 0.6) is 0 Å². The number of ether oxygens (including phenoxy) is 1. The summed E-state index contributed by atoms with van der Waals surface area (Å²) in [6.07, 6.45) is 3.11. The lowest BCUT2D eigenvalue weighted by Gasteiger charge is -2.11. The third-order valence-electron chi connectivity index (χ3n) is 1.76. The number of aromatic nitrogens is 1. The number of nitrogens with one attached hydrogen (secondary N) is 1. The Morgan fingerprint density at radius 2 is 2.44 bits per heavy atom. The highest BCUT2D eigenvalue weighted by Crippen LogP contribution is 2.18. The fourth-order valence-corrected chi connectivity index (χ4v) is 2.41. The molecule has 2 heterocycles. The van der Waals surface area contributed by atoms with Gasteiger partial charge in [-0.15, -0.1) is 0 Å². The van der Waals surface area contributed by atoms with Gasteiger partial charge < -0.3 is 4.74 Å². The fourth-order valence-electron chi connectivity index (χ4n) is 1.08. The minimum atomic E-state index is -1.66. The van der Waals surface area contributed by atoms with Gasteiger partial charge in [-0.25, -0.2) is 13.4 Å². The third kappa shape index (κ3) is 2.17. The van der Waals surface area contributed by atoms with Crippen molar-refractivity contribution >= 4 is 40.1 Å². The molecule has 0 saturated carbocycles. The summed E-state index contributed by atoms with van der Waals surface area (Å²) in [6, 6.07) is 1.75. The summed E-state index contributed by atoms with van der Waals surface area (Å²) in [5.74, 6) is -0.614. The SMILES string of the molecule is COC(=O)C1=NS(=O)NC(c2ccns2)=C1. The average molecular weight is 257 g/mol. The normalized spacial score (nSPS) is 19.4. The van der Waals surface area contributed by atoms with Gasteiger partial charge in [-0.05, 0) is 23.7 Å². The molecule has 1 atom stereocenters. The molecule has 0 saturated heterocycles. The van der Waals surface area contributed by atoms with Crippen molar-refractivity contribution in [2.45, 2.75) is 0 Å². The molecule has 84 valence electrons. The molecule has 16 heavy (non-hydrogen) atoms. The van der Waals surface area contributed by atoms with Crippen molar-refractivity contribution in [1.82, 2.24) is 9.10 Å². The zero-order chi connectivity index (χ0) is 11.5. The second-order valence-electron chi connectivity index (χ2n) is 2.75. The van der Waals surface area contributed by atoms with Crippen LogP contribution in [-0.4, -0.2) is 27.4 Å². The Morgan fingerprint density at radius 1 is 1.62 bits per heavy atom. The molecule has 6 nitrogen and oxygen atoms in total. The van der Waals surface area contributed by atoms with Crippen LogP contribution in [0, 0.1) is 0 Å². The summed E-state index contributed by atoms with van der Waals surface area (Å²) in [5, 5.41) is 0. The number of nitrogens with zero attached hydrogens (tertiary/aromatic N) is 2. The molecule has 0 bridgehead atoms. The molecular formula is C8H7N3O3S2. The highest BCUT2D eigenvalue weighted by atomic mass is 32.2. The van der Waals surface area contributed by atoms with Crippen LogP contribution in [-0.2, 0) is 20.7 Å². The predicted octanol–water partition coefficient (Wildman–Crippen LogP) is 0.280. The molecule has 0 spiro atoms. The lowest BCUT2D eigenvalue weighted by atomic mass is 10.2. The molecule has 1 aliphatic rings. The molecule has 1 N–H and O–H groups in total. The van der Waals surface area contributed by atoms with E-state index >= 15 is 0 Å². The second-order valence-corrected chi connectivity index (χ2v) is 4.47. The summed E-state index contributed by atoms with van der Waals surface area (Å²) in [7, 11) is 1.25. The molecule has 8 heteroatoms. The van der Waals surface area contributed by atoms with Crippen molar-refractivity contribution in [2.24, 2.45) is 4.40 Å². The Kier molecular flexibility index (Phi) is 3.11. The number of methoxy groups -OCH3 is 1. The molecule has 0 aliphatic carbocycles. The van der Waals surface area contributed by atoms with E-state index in [1.807, 2.05) is 0 Å². The maximum atomic E-state index is 11.3. The number of carbonyl (C=O) groups is 1. The van der Waals surface area contributed by atoms with Crippen molar-refractivity contribution in [3.8, 4) is 0 Å². The van der Waals surface area contributed by atoms with Crippen molar-refractivity contribution in [1.29, 1.82) is 0 Å². The van der Waals surface area contributed by atoms with Crippen LogP contribution < -0.4 is 4.72 Å². The maximum absolute atomic E-state index is 11.3. The number of hydrogen-bond acceptors (Lipinski definition) is 5. The minimum Gasteiger partial charge on any atom is -0.464 e. The van der Waals surface area contributed by atoms with Gasteiger partial charge in [0.2, 0.25) is 11.2 Å². The average Bonchev–Trinajstić information content (AvgIpc) is 2.80. The van der Waals surface area contributed by atoms with Crippen molar-refractivity contribution < 1.29 is 13.7 Å². The van der Waals surface area contributed by atoms with E-state index in [-0.39, 0.29) is 5.71 Å². The van der Waals surface area contributed by atoms with Gasteiger partial charge >= 0.3 is 5.97 Å². The van der Waals surface area contributed by atoms with Crippen molar-refractivity contribution in [2.75, 3.05) is 7.11 Å². The maximum Gasteiger partial charge on any atom is 0.357 e. The topological polar surface area (TPSA) is 80.6 Å². The Hall–Kier alpha value is -1.54. The molecule has 1 unspecified atom stereocenters. The first-order valence-corrected chi connectivity index (χ1v) is 6.07. The van der Waals surface area contributed by atoms with Crippen LogP contribution in [0.1, 0.15) is 4.88 Å². The van der Waals surface area contributed by atoms with Gasteiger partial charge in [0.15, 0.2) is 5.71 Å². The van der Waals surface area contributed by atoms with Gasteiger partial charge in [0.25, 0.3) is 0 Å². The van der Waals surface area contributed by atoms with E-state index in [4.69, 9.17) is 0 Å². The van der Waals surface area contributed by atoms with E-state index < -0.39 is 17.1 Å². The van der Waals surface area contributed by atoms with Crippen molar-refractivity contribution in [3.63, 3.8) is 0 Å². The van der Waals surface area contributed by atoms with E-state index in [2.05, 4.69) is 18.2 Å². The molecule has 1 aromatic rings. The largest absolute Gasteiger partial charge is 0.464 e. The van der Waals surface area contributed by atoms with E-state index in [0.717, 1.165) is 4.88 Å². The molecular weight excluding hydrogens is 250 g/mol. The molecule has 0 radical (unpaired) electrons. The number of carbonyl (C=O) groups excluding carboxylic acids is 1. The van der Waals surface area contributed by atoms with Gasteiger partial charge in [-0.3, -0.25) is 4.72 Å². The third-order valence-corrected chi connectivity index (χ3v) is 3.29. The number of hydrogen-bond donors (Lipinski definition) is 1. The van der Waals surface area contributed by atoms with E-state index in [0.29, 0.717) is 5.70 Å². The smallest absolute Gasteiger partial charge is 0.357 e. The fraction of sp³-hybridized carbons (Fsp3) is 0.125. The van der Waals surface area contributed by atoms with Crippen LogP contribution in [0.25, 0.3) is 5.70 Å². The molecule has 1 aromatic heterocycles. The Labute approximate surface area is 97.9 Å². The zero-order valence-electron chi connectivity index (χ0n) is 8.17. The first kappa shape index (κ1) is 11.0. The summed E-state index contributed by atoms with van der Waals surface area (Å²) in [6.45, 7) is 0. The van der Waals surface area contributed by atoms with Crippen LogP contribution in [0.3, 0.4) is 0 Å². The van der Waals surface area contributed by atoms with E-state index in [1.54, 1.807) is 12.3 Å². The molecule has 2 rings (SSSR count). The standard InChI is InChI=1S/C8H7N3O3S2/c1-14-8(12)6-4-5(10-16(13)11-6)7-2-3-9-15-7/h2-4,10H,1H3. The summed E-state index contributed by atoms with van der Waals surface area (Å²) >= 11 is -0.429. The highest BCUT2D eigenvalue weighted by molar-refractivity contribution is 7.82. The van der Waals surface area contributed by atoms with Gasteiger partial charge in [0, 0.05) is 6.20 Å². The van der Waals surface area contributed by atoms with Gasteiger partial charge in [0.05, 0.1) is 17.7 Å². The summed E-state index contributed by atoms with van der Waals surface area (Å²) < 4.78 is 26.0. The Balaban J connectivity index is 2.35. The van der Waals surface area contributed by atoms with Crippen LogP contribution >= 0.6 is 11.5 Å². The Morgan fingerprint density at radius 3 is 3.06 bits per heavy atom. The predicted molar refractivity (Wildman–Crippen MR) is 60.8 cm³/mol. The van der Waals surface area contributed by atoms with Crippen LogP contribution in [0.2, 0.25) is 0 Å². The molecule has 0 aromatic carbocycles. The number of rotatable bonds is 2. The quantitative estimate of drug-likeness (QED) is 0.772. The zero-order valence-corrected chi connectivity index (χ0v) is 9.80. The first-order chi connectivity index (χ1) is 7.70. The van der Waals surface area contributed by atoms with Gasteiger partial charge in [-0.2, -0.15) is 4.40 Å². The molecule has 0 fully saturated rings. The van der Waals surface area contributed by atoms with Gasteiger partial charge in [-0.1, -0.05) is 0 Å². The monoisotopic (exact) mass is 257 g/mol. The number of esters is 1. The lowest BCUT2D eigenvalue weighted by Crippen LogP contribution is -2.25. The Bertz CT molecular complexity index is 493.